The van der Waals surface area contributed by atoms with Crippen molar-refractivity contribution in [2.75, 3.05) is 18.5 Å². The first-order chi connectivity index (χ1) is 9.61. The van der Waals surface area contributed by atoms with Crippen LogP contribution in [0.1, 0.15) is 31.2 Å². The largest absolute Gasteiger partial charge is 0.396 e. The van der Waals surface area contributed by atoms with Gasteiger partial charge in [0, 0.05) is 19.2 Å². The van der Waals surface area contributed by atoms with Gasteiger partial charge in [0.05, 0.1) is 4.92 Å². The minimum Gasteiger partial charge on any atom is -0.396 e. The van der Waals surface area contributed by atoms with Gasteiger partial charge in [-0.1, -0.05) is 18.9 Å². The van der Waals surface area contributed by atoms with E-state index in [1.807, 2.05) is 13.0 Å². The van der Waals surface area contributed by atoms with E-state index in [4.69, 9.17) is 0 Å². The molecule has 0 heterocycles. The van der Waals surface area contributed by atoms with Gasteiger partial charge < -0.3 is 10.4 Å². The molecule has 0 radical (unpaired) electrons. The SMILES string of the molecule is Cc1ccc([N+](=O)[O-])c(NCC2CCCCC2CO)c1. The lowest BCUT2D eigenvalue weighted by Crippen LogP contribution is -2.28. The summed E-state index contributed by atoms with van der Waals surface area (Å²) in [5.41, 5.74) is 1.70. The molecule has 1 aliphatic rings. The smallest absolute Gasteiger partial charge is 0.292 e. The van der Waals surface area contributed by atoms with E-state index in [2.05, 4.69) is 5.32 Å². The number of aliphatic hydroxyl groups excluding tert-OH is 1. The van der Waals surface area contributed by atoms with Crippen LogP contribution in [0.25, 0.3) is 0 Å². The van der Waals surface area contributed by atoms with E-state index in [-0.39, 0.29) is 17.2 Å². The first kappa shape index (κ1) is 14.8. The first-order valence-corrected chi connectivity index (χ1v) is 7.21. The third-order valence-corrected chi connectivity index (χ3v) is 4.20. The van der Waals surface area contributed by atoms with Gasteiger partial charge in [0.2, 0.25) is 0 Å². The maximum atomic E-state index is 11.0. The van der Waals surface area contributed by atoms with Crippen LogP contribution >= 0.6 is 0 Å². The third-order valence-electron chi connectivity index (χ3n) is 4.20. The highest BCUT2D eigenvalue weighted by Gasteiger charge is 2.25. The van der Waals surface area contributed by atoms with Crippen LogP contribution in [0.5, 0.6) is 0 Å². The number of nitrogens with one attached hydrogen (secondary N) is 1. The van der Waals surface area contributed by atoms with Crippen LogP contribution < -0.4 is 5.32 Å². The molecule has 0 saturated heterocycles. The van der Waals surface area contributed by atoms with Crippen LogP contribution in [0, 0.1) is 28.9 Å². The summed E-state index contributed by atoms with van der Waals surface area (Å²) in [4.78, 5) is 10.7. The average molecular weight is 278 g/mol. The predicted molar refractivity (Wildman–Crippen MR) is 78.9 cm³/mol. The van der Waals surface area contributed by atoms with Crippen molar-refractivity contribution in [3.63, 3.8) is 0 Å². The minimum atomic E-state index is -0.355. The van der Waals surface area contributed by atoms with Crippen molar-refractivity contribution < 1.29 is 10.0 Å². The molecule has 0 aliphatic heterocycles. The lowest BCUT2D eigenvalue weighted by molar-refractivity contribution is -0.384. The maximum Gasteiger partial charge on any atom is 0.292 e. The molecule has 5 heteroatoms. The van der Waals surface area contributed by atoms with Crippen molar-refractivity contribution in [2.24, 2.45) is 11.8 Å². The second-order valence-electron chi connectivity index (χ2n) is 5.65. The van der Waals surface area contributed by atoms with E-state index in [0.717, 1.165) is 18.4 Å². The molecule has 0 amide bonds. The first-order valence-electron chi connectivity index (χ1n) is 7.21. The topological polar surface area (TPSA) is 75.4 Å². The van der Waals surface area contributed by atoms with E-state index in [1.165, 1.54) is 12.8 Å². The quantitative estimate of drug-likeness (QED) is 0.641. The van der Waals surface area contributed by atoms with Crippen LogP contribution in [-0.2, 0) is 0 Å². The van der Waals surface area contributed by atoms with E-state index in [0.29, 0.717) is 24.1 Å². The highest BCUT2D eigenvalue weighted by Crippen LogP contribution is 2.31. The summed E-state index contributed by atoms with van der Waals surface area (Å²) in [6.45, 7) is 2.82. The second kappa shape index (κ2) is 6.70. The zero-order chi connectivity index (χ0) is 14.5. The van der Waals surface area contributed by atoms with Gasteiger partial charge in [0.25, 0.3) is 5.69 Å². The predicted octanol–water partition coefficient (Wildman–Crippen LogP) is 3.11. The average Bonchev–Trinajstić information content (AvgIpc) is 2.45. The summed E-state index contributed by atoms with van der Waals surface area (Å²) in [6.07, 6.45) is 4.49. The Kier molecular flexibility index (Phi) is 4.95. The monoisotopic (exact) mass is 278 g/mol. The summed E-state index contributed by atoms with van der Waals surface area (Å²) in [5, 5.41) is 23.7. The Morgan fingerprint density at radius 2 is 2.05 bits per heavy atom. The van der Waals surface area contributed by atoms with Gasteiger partial charge in [-0.3, -0.25) is 10.1 Å². The number of nitro groups is 1. The molecule has 1 aromatic rings. The molecule has 110 valence electrons. The molecule has 2 N–H and O–H groups in total. The summed E-state index contributed by atoms with van der Waals surface area (Å²) in [7, 11) is 0. The summed E-state index contributed by atoms with van der Waals surface area (Å²) in [5.74, 6) is 0.717. The molecule has 5 nitrogen and oxygen atoms in total. The van der Waals surface area contributed by atoms with Gasteiger partial charge in [0.15, 0.2) is 0 Å². The Morgan fingerprint density at radius 1 is 1.35 bits per heavy atom. The van der Waals surface area contributed by atoms with Crippen LogP contribution in [0.2, 0.25) is 0 Å². The van der Waals surface area contributed by atoms with Crippen LogP contribution in [0.15, 0.2) is 18.2 Å². The normalized spacial score (nSPS) is 22.5. The number of nitro benzene ring substituents is 1. The zero-order valence-corrected chi connectivity index (χ0v) is 11.8. The molecule has 0 spiro atoms. The van der Waals surface area contributed by atoms with Gasteiger partial charge in [-0.2, -0.15) is 0 Å². The number of benzene rings is 1. The summed E-state index contributed by atoms with van der Waals surface area (Å²) in [6, 6.07) is 5.11. The molecule has 1 fully saturated rings. The van der Waals surface area contributed by atoms with Crippen molar-refractivity contribution in [2.45, 2.75) is 32.6 Å². The van der Waals surface area contributed by atoms with E-state index in [9.17, 15) is 15.2 Å². The van der Waals surface area contributed by atoms with Crippen molar-refractivity contribution in [1.82, 2.24) is 0 Å². The minimum absolute atomic E-state index is 0.118. The molecule has 2 atom stereocenters. The molecular weight excluding hydrogens is 256 g/mol. The number of hydrogen-bond acceptors (Lipinski definition) is 4. The molecule has 1 aromatic carbocycles. The molecule has 0 bridgehead atoms. The van der Waals surface area contributed by atoms with Crippen LogP contribution in [0.4, 0.5) is 11.4 Å². The van der Waals surface area contributed by atoms with Crippen molar-refractivity contribution in [1.29, 1.82) is 0 Å². The van der Waals surface area contributed by atoms with Crippen molar-refractivity contribution >= 4 is 11.4 Å². The Balaban J connectivity index is 2.06. The van der Waals surface area contributed by atoms with Gasteiger partial charge in [-0.15, -0.1) is 0 Å². The molecule has 1 saturated carbocycles. The number of aliphatic hydroxyl groups is 1. The van der Waals surface area contributed by atoms with Gasteiger partial charge in [-0.05, 0) is 43.2 Å². The summed E-state index contributed by atoms with van der Waals surface area (Å²) < 4.78 is 0. The fraction of sp³-hybridized carbons (Fsp3) is 0.600. The number of rotatable bonds is 5. The lowest BCUT2D eigenvalue weighted by Gasteiger charge is -2.30. The van der Waals surface area contributed by atoms with E-state index >= 15 is 0 Å². The molecule has 2 unspecified atom stereocenters. The Hall–Kier alpha value is -1.62. The van der Waals surface area contributed by atoms with Gasteiger partial charge in [-0.25, -0.2) is 0 Å². The maximum absolute atomic E-state index is 11.0. The molecular formula is C15H22N2O3. The standard InChI is InChI=1S/C15H22N2O3/c1-11-6-7-15(17(19)20)14(8-11)16-9-12-4-2-3-5-13(12)10-18/h6-8,12-13,16,18H,2-5,9-10H2,1H3. The van der Waals surface area contributed by atoms with Crippen LogP contribution in [0.3, 0.4) is 0 Å². The Labute approximate surface area is 119 Å². The highest BCUT2D eigenvalue weighted by atomic mass is 16.6. The number of nitrogens with zero attached hydrogens (tertiary/aromatic N) is 1. The molecule has 20 heavy (non-hydrogen) atoms. The summed E-state index contributed by atoms with van der Waals surface area (Å²) >= 11 is 0. The van der Waals surface area contributed by atoms with Crippen molar-refractivity contribution in [3.8, 4) is 0 Å². The Bertz CT molecular complexity index is 476. The van der Waals surface area contributed by atoms with Crippen LogP contribution in [-0.4, -0.2) is 23.2 Å². The molecule has 0 aromatic heterocycles. The van der Waals surface area contributed by atoms with Gasteiger partial charge in [0.1, 0.15) is 5.69 Å². The van der Waals surface area contributed by atoms with E-state index < -0.39 is 0 Å². The third kappa shape index (κ3) is 3.48. The zero-order valence-electron chi connectivity index (χ0n) is 11.8. The fourth-order valence-electron chi connectivity index (χ4n) is 2.99. The number of anilines is 1. The molecule has 1 aliphatic carbocycles. The molecule has 2 rings (SSSR count). The lowest BCUT2D eigenvalue weighted by atomic mass is 9.79. The highest BCUT2D eigenvalue weighted by molar-refractivity contribution is 5.62. The Morgan fingerprint density at radius 3 is 2.70 bits per heavy atom. The van der Waals surface area contributed by atoms with E-state index in [1.54, 1.807) is 12.1 Å². The number of hydrogen-bond donors (Lipinski definition) is 2. The van der Waals surface area contributed by atoms with Gasteiger partial charge >= 0.3 is 0 Å². The fourth-order valence-corrected chi connectivity index (χ4v) is 2.99. The second-order valence-corrected chi connectivity index (χ2v) is 5.65. The van der Waals surface area contributed by atoms with Crippen molar-refractivity contribution in [3.05, 3.63) is 33.9 Å². The number of aryl methyl sites for hydroxylation is 1.